The van der Waals surface area contributed by atoms with Gasteiger partial charge in [-0.15, -0.1) is 0 Å². The number of ether oxygens (including phenoxy) is 1. The number of amides is 2. The monoisotopic (exact) mass is 444 g/mol. The van der Waals surface area contributed by atoms with Gasteiger partial charge in [-0.05, 0) is 50.3 Å². The third-order valence-corrected chi connectivity index (χ3v) is 6.93. The molecule has 1 aliphatic heterocycles. The number of carbonyl (C=O) groups excluding carboxylic acids is 2. The van der Waals surface area contributed by atoms with E-state index in [-0.39, 0.29) is 11.8 Å². The molecular weight excluding hydrogens is 420 g/mol. The summed E-state index contributed by atoms with van der Waals surface area (Å²) in [6.45, 7) is 4.54. The van der Waals surface area contributed by atoms with Gasteiger partial charge in [0.05, 0.1) is 17.3 Å². The Hall–Kier alpha value is -3.81. The maximum atomic E-state index is 13.2. The SMILES string of the molecule is CNC(=O)c1c(C)oc2cc(Oc3ccnn4cc(C(=O)N5CCC6CC65)c(C)c34)ccc12. The smallest absolute Gasteiger partial charge is 0.256 e. The van der Waals surface area contributed by atoms with Crippen LogP contribution in [0.1, 0.15) is 44.9 Å². The van der Waals surface area contributed by atoms with Gasteiger partial charge in [0.15, 0.2) is 5.75 Å². The first-order chi connectivity index (χ1) is 16.0. The fourth-order valence-electron chi connectivity index (χ4n) is 5.12. The van der Waals surface area contributed by atoms with Crippen molar-refractivity contribution in [3.8, 4) is 11.5 Å². The molecule has 33 heavy (non-hydrogen) atoms. The van der Waals surface area contributed by atoms with E-state index >= 15 is 0 Å². The molecule has 8 heteroatoms. The van der Waals surface area contributed by atoms with Crippen molar-refractivity contribution in [3.05, 3.63) is 59.1 Å². The van der Waals surface area contributed by atoms with E-state index in [0.717, 1.165) is 35.9 Å². The summed E-state index contributed by atoms with van der Waals surface area (Å²) in [4.78, 5) is 27.4. The maximum Gasteiger partial charge on any atom is 0.256 e. The number of nitrogens with zero attached hydrogens (tertiary/aromatic N) is 3. The topological polar surface area (TPSA) is 89.1 Å². The molecule has 1 N–H and O–H groups in total. The lowest BCUT2D eigenvalue weighted by Crippen LogP contribution is -2.30. The second kappa shape index (κ2) is 7.10. The Kier molecular flexibility index (Phi) is 4.27. The fraction of sp³-hybridized carbons (Fsp3) is 0.320. The minimum atomic E-state index is -0.188. The highest BCUT2D eigenvalue weighted by molar-refractivity contribution is 6.07. The summed E-state index contributed by atoms with van der Waals surface area (Å²) < 4.78 is 13.7. The van der Waals surface area contributed by atoms with Crippen LogP contribution in [0.3, 0.4) is 0 Å². The first kappa shape index (κ1) is 19.8. The number of nitrogens with one attached hydrogen (secondary N) is 1. The van der Waals surface area contributed by atoms with E-state index in [0.29, 0.717) is 45.9 Å². The Morgan fingerprint density at radius 3 is 2.82 bits per heavy atom. The van der Waals surface area contributed by atoms with Gasteiger partial charge in [-0.1, -0.05) is 0 Å². The highest BCUT2D eigenvalue weighted by Crippen LogP contribution is 2.45. The van der Waals surface area contributed by atoms with Crippen molar-refractivity contribution in [1.29, 1.82) is 0 Å². The zero-order valence-electron chi connectivity index (χ0n) is 18.7. The van der Waals surface area contributed by atoms with Gasteiger partial charge in [-0.25, -0.2) is 4.52 Å². The molecule has 1 aliphatic carbocycles. The first-order valence-corrected chi connectivity index (χ1v) is 11.2. The number of furan rings is 1. The van der Waals surface area contributed by atoms with Gasteiger partial charge in [0.2, 0.25) is 0 Å². The van der Waals surface area contributed by atoms with E-state index < -0.39 is 0 Å². The lowest BCUT2D eigenvalue weighted by molar-refractivity contribution is 0.0767. The van der Waals surface area contributed by atoms with Crippen LogP contribution in [-0.4, -0.2) is 46.0 Å². The molecule has 8 nitrogen and oxygen atoms in total. The lowest BCUT2D eigenvalue weighted by Gasteiger charge is -2.17. The standard InChI is InChI=1S/C25H24N4O4/c1-13-18(25(31)28-9-7-15-10-19(15)28)12-29-23(13)20(6-8-27-29)33-16-4-5-17-21(11-16)32-14(2)22(17)24(30)26-3/h4-6,8,11-12,15,19H,7,9-10H2,1-3H3,(H,26,30). The van der Waals surface area contributed by atoms with Gasteiger partial charge in [0.1, 0.15) is 22.6 Å². The van der Waals surface area contributed by atoms with Gasteiger partial charge >= 0.3 is 0 Å². The van der Waals surface area contributed by atoms with Crippen molar-refractivity contribution in [3.63, 3.8) is 0 Å². The van der Waals surface area contributed by atoms with Crippen LogP contribution in [0.2, 0.25) is 0 Å². The van der Waals surface area contributed by atoms with Crippen LogP contribution in [-0.2, 0) is 0 Å². The van der Waals surface area contributed by atoms with Crippen LogP contribution in [0.25, 0.3) is 16.5 Å². The predicted octanol–water partition coefficient (Wildman–Crippen LogP) is 4.08. The summed E-state index contributed by atoms with van der Waals surface area (Å²) in [6, 6.07) is 7.60. The zero-order chi connectivity index (χ0) is 22.9. The van der Waals surface area contributed by atoms with E-state index in [1.165, 1.54) is 0 Å². The molecule has 168 valence electrons. The normalized spacial score (nSPS) is 19.2. The molecule has 1 aromatic carbocycles. The number of hydrogen-bond donors (Lipinski definition) is 1. The highest BCUT2D eigenvalue weighted by Gasteiger charge is 2.49. The van der Waals surface area contributed by atoms with Gasteiger partial charge in [-0.3, -0.25) is 9.59 Å². The summed E-state index contributed by atoms with van der Waals surface area (Å²) >= 11 is 0. The lowest BCUT2D eigenvalue weighted by atomic mass is 10.1. The number of hydrogen-bond acceptors (Lipinski definition) is 5. The molecule has 1 saturated carbocycles. The average Bonchev–Trinajstić information content (AvgIpc) is 3.15. The van der Waals surface area contributed by atoms with E-state index in [4.69, 9.17) is 9.15 Å². The Morgan fingerprint density at radius 2 is 2.09 bits per heavy atom. The molecule has 4 heterocycles. The molecule has 0 spiro atoms. The molecule has 2 amide bonds. The second-order valence-electron chi connectivity index (χ2n) is 8.88. The van der Waals surface area contributed by atoms with E-state index in [2.05, 4.69) is 10.4 Å². The van der Waals surface area contributed by atoms with Gasteiger partial charge in [-0.2, -0.15) is 5.10 Å². The van der Waals surface area contributed by atoms with E-state index in [9.17, 15) is 9.59 Å². The quantitative estimate of drug-likeness (QED) is 0.512. The van der Waals surface area contributed by atoms with Crippen molar-refractivity contribution in [2.75, 3.05) is 13.6 Å². The minimum absolute atomic E-state index is 0.0724. The predicted molar refractivity (Wildman–Crippen MR) is 122 cm³/mol. The zero-order valence-corrected chi connectivity index (χ0v) is 18.7. The molecular formula is C25H24N4O4. The van der Waals surface area contributed by atoms with E-state index in [1.54, 1.807) is 43.0 Å². The summed E-state index contributed by atoms with van der Waals surface area (Å²) in [7, 11) is 1.60. The minimum Gasteiger partial charge on any atom is -0.460 e. The van der Waals surface area contributed by atoms with Crippen molar-refractivity contribution in [2.45, 2.75) is 32.7 Å². The molecule has 2 atom stereocenters. The Labute approximate surface area is 190 Å². The van der Waals surface area contributed by atoms with Crippen molar-refractivity contribution < 1.29 is 18.7 Å². The molecule has 3 aromatic heterocycles. The van der Waals surface area contributed by atoms with Crippen LogP contribution in [0, 0.1) is 19.8 Å². The molecule has 0 radical (unpaired) electrons. The molecule has 2 fully saturated rings. The molecule has 1 saturated heterocycles. The third-order valence-electron chi connectivity index (χ3n) is 6.93. The molecule has 6 rings (SSSR count). The Bertz CT molecular complexity index is 1450. The number of carbonyl (C=O) groups is 2. The number of rotatable bonds is 4. The number of aromatic nitrogens is 2. The summed E-state index contributed by atoms with van der Waals surface area (Å²) in [5.74, 6) is 2.30. The Morgan fingerprint density at radius 1 is 1.24 bits per heavy atom. The molecule has 2 aliphatic rings. The third kappa shape index (κ3) is 3.01. The summed E-state index contributed by atoms with van der Waals surface area (Å²) in [6.07, 6.45) is 5.68. The fourth-order valence-corrected chi connectivity index (χ4v) is 5.12. The molecule has 2 unspecified atom stereocenters. The first-order valence-electron chi connectivity index (χ1n) is 11.2. The van der Waals surface area contributed by atoms with Crippen LogP contribution in [0.5, 0.6) is 11.5 Å². The molecule has 0 bridgehead atoms. The largest absolute Gasteiger partial charge is 0.460 e. The summed E-state index contributed by atoms with van der Waals surface area (Å²) in [5, 5.41) is 7.78. The van der Waals surface area contributed by atoms with Gasteiger partial charge in [0.25, 0.3) is 11.8 Å². The average molecular weight is 444 g/mol. The highest BCUT2D eigenvalue weighted by atomic mass is 16.5. The van der Waals surface area contributed by atoms with Gasteiger partial charge < -0.3 is 19.4 Å². The number of fused-ring (bicyclic) bond motifs is 3. The van der Waals surface area contributed by atoms with Crippen LogP contribution < -0.4 is 10.1 Å². The number of likely N-dealkylation sites (tertiary alicyclic amines) is 1. The number of benzene rings is 1. The maximum absolute atomic E-state index is 13.2. The van der Waals surface area contributed by atoms with Crippen molar-refractivity contribution in [1.82, 2.24) is 19.8 Å². The van der Waals surface area contributed by atoms with Crippen molar-refractivity contribution in [2.24, 2.45) is 5.92 Å². The number of aryl methyl sites for hydroxylation is 2. The van der Waals surface area contributed by atoms with E-state index in [1.807, 2.05) is 24.0 Å². The van der Waals surface area contributed by atoms with Crippen LogP contribution in [0.15, 0.2) is 41.1 Å². The summed E-state index contributed by atoms with van der Waals surface area (Å²) in [5.41, 5.74) is 3.37. The van der Waals surface area contributed by atoms with Crippen molar-refractivity contribution >= 4 is 28.3 Å². The van der Waals surface area contributed by atoms with Crippen LogP contribution >= 0.6 is 0 Å². The number of piperidine rings is 1. The van der Waals surface area contributed by atoms with Crippen LogP contribution in [0.4, 0.5) is 0 Å². The Balaban J connectivity index is 1.36. The molecule has 4 aromatic rings. The van der Waals surface area contributed by atoms with Gasteiger partial charge in [0, 0.05) is 43.4 Å². The second-order valence-corrected chi connectivity index (χ2v) is 8.88.